The van der Waals surface area contributed by atoms with Crippen LogP contribution in [0, 0.1) is 0 Å². The molecular formula is C8H7ClO3. The minimum Gasteiger partial charge on any atom is -0.508 e. The number of esters is 1. The predicted octanol–water partition coefficient (Wildman–Crippen LogP) is 1.97. The molecule has 0 spiro atoms. The van der Waals surface area contributed by atoms with Crippen LogP contribution in [0.25, 0.3) is 0 Å². The molecule has 1 rings (SSSR count). The monoisotopic (exact) mass is 186 g/mol. The summed E-state index contributed by atoms with van der Waals surface area (Å²) in [5.74, 6) is -0.233. The molecule has 0 amide bonds. The Hall–Kier alpha value is -1.22. The highest BCUT2D eigenvalue weighted by Gasteiger charge is 2.01. The molecule has 0 unspecified atom stereocenters. The molecule has 0 atom stereocenters. The zero-order valence-corrected chi connectivity index (χ0v) is 7.13. The first-order valence-electron chi connectivity index (χ1n) is 3.26. The van der Waals surface area contributed by atoms with Crippen molar-refractivity contribution in [2.75, 3.05) is 0 Å². The van der Waals surface area contributed by atoms with Crippen LogP contribution >= 0.6 is 11.6 Å². The summed E-state index contributed by atoms with van der Waals surface area (Å²) in [5, 5.41) is 9.36. The molecule has 0 aliphatic rings. The van der Waals surface area contributed by atoms with Gasteiger partial charge < -0.3 is 9.84 Å². The van der Waals surface area contributed by atoms with E-state index in [1.165, 1.54) is 25.1 Å². The van der Waals surface area contributed by atoms with E-state index in [0.717, 1.165) is 0 Å². The molecule has 0 fully saturated rings. The van der Waals surface area contributed by atoms with Crippen molar-refractivity contribution >= 4 is 17.6 Å². The number of phenolic OH excluding ortho intramolecular Hbond substituents is 1. The fourth-order valence-corrected chi connectivity index (χ4v) is 0.992. The number of hydrogen-bond donors (Lipinski definition) is 1. The fourth-order valence-electron chi connectivity index (χ4n) is 0.773. The number of carbonyl (C=O) groups is 1. The van der Waals surface area contributed by atoms with Gasteiger partial charge in [0.2, 0.25) is 0 Å². The quantitative estimate of drug-likeness (QED) is 0.539. The van der Waals surface area contributed by atoms with E-state index < -0.39 is 5.97 Å². The number of aromatic hydroxyl groups is 1. The largest absolute Gasteiger partial charge is 0.508 e. The summed E-state index contributed by atoms with van der Waals surface area (Å²) in [6.45, 7) is 1.28. The number of hydrogen-bond acceptors (Lipinski definition) is 3. The van der Waals surface area contributed by atoms with Crippen molar-refractivity contribution in [3.8, 4) is 11.5 Å². The summed E-state index contributed by atoms with van der Waals surface area (Å²) in [6, 6.07) is 4.12. The third-order valence-corrected chi connectivity index (χ3v) is 1.34. The molecule has 0 aromatic heterocycles. The lowest BCUT2D eigenvalue weighted by Gasteiger charge is -2.01. The highest BCUT2D eigenvalue weighted by Crippen LogP contribution is 2.24. The maximum absolute atomic E-state index is 10.5. The summed E-state index contributed by atoms with van der Waals surface area (Å²) >= 11 is 5.58. The third-order valence-electron chi connectivity index (χ3n) is 1.12. The average Bonchev–Trinajstić information content (AvgIpc) is 1.81. The van der Waals surface area contributed by atoms with Gasteiger partial charge in [-0.1, -0.05) is 11.6 Å². The van der Waals surface area contributed by atoms with Gasteiger partial charge in [-0.3, -0.25) is 4.79 Å². The third kappa shape index (κ3) is 2.43. The lowest BCUT2D eigenvalue weighted by Crippen LogP contribution is -2.00. The molecule has 1 aromatic rings. The van der Waals surface area contributed by atoms with E-state index in [1.807, 2.05) is 0 Å². The van der Waals surface area contributed by atoms with Crippen LogP contribution in [-0.4, -0.2) is 11.1 Å². The standard InChI is InChI=1S/C8H7ClO3/c1-5(10)12-8-3-6(9)2-7(11)4-8/h2-4,11H,1H3. The normalized spacial score (nSPS) is 9.50. The molecule has 3 nitrogen and oxygen atoms in total. The van der Waals surface area contributed by atoms with Crippen molar-refractivity contribution in [1.82, 2.24) is 0 Å². The zero-order valence-electron chi connectivity index (χ0n) is 6.37. The molecule has 0 aliphatic carbocycles. The Morgan fingerprint density at radius 2 is 2.17 bits per heavy atom. The second-order valence-electron chi connectivity index (χ2n) is 2.24. The second kappa shape index (κ2) is 3.45. The van der Waals surface area contributed by atoms with Gasteiger partial charge in [-0.05, 0) is 12.1 Å². The molecule has 0 saturated carbocycles. The van der Waals surface area contributed by atoms with Gasteiger partial charge in [0.25, 0.3) is 0 Å². The van der Waals surface area contributed by atoms with Gasteiger partial charge in [-0.2, -0.15) is 0 Å². The van der Waals surface area contributed by atoms with E-state index in [1.54, 1.807) is 0 Å². The zero-order chi connectivity index (χ0) is 9.14. The number of halogens is 1. The maximum atomic E-state index is 10.5. The van der Waals surface area contributed by atoms with Crippen molar-refractivity contribution in [2.24, 2.45) is 0 Å². The van der Waals surface area contributed by atoms with Crippen molar-refractivity contribution in [3.05, 3.63) is 23.2 Å². The van der Waals surface area contributed by atoms with Gasteiger partial charge in [0.05, 0.1) is 0 Å². The van der Waals surface area contributed by atoms with E-state index in [4.69, 9.17) is 21.4 Å². The highest BCUT2D eigenvalue weighted by molar-refractivity contribution is 6.30. The minimum atomic E-state index is -0.448. The first-order valence-corrected chi connectivity index (χ1v) is 3.63. The summed E-state index contributed by atoms with van der Waals surface area (Å²) in [5.41, 5.74) is 0. The van der Waals surface area contributed by atoms with Crippen molar-refractivity contribution in [3.63, 3.8) is 0 Å². The number of ether oxygens (including phenoxy) is 1. The van der Waals surface area contributed by atoms with Gasteiger partial charge in [0, 0.05) is 18.0 Å². The molecule has 0 radical (unpaired) electrons. The van der Waals surface area contributed by atoms with Gasteiger partial charge in [-0.25, -0.2) is 0 Å². The minimum absolute atomic E-state index is 0.0289. The molecule has 0 saturated heterocycles. The molecule has 0 heterocycles. The highest BCUT2D eigenvalue weighted by atomic mass is 35.5. The Bertz CT molecular complexity index is 289. The van der Waals surface area contributed by atoms with Crippen LogP contribution in [0.1, 0.15) is 6.92 Å². The lowest BCUT2D eigenvalue weighted by molar-refractivity contribution is -0.131. The lowest BCUT2D eigenvalue weighted by atomic mass is 10.3. The smallest absolute Gasteiger partial charge is 0.308 e. The van der Waals surface area contributed by atoms with Crippen LogP contribution in [0.4, 0.5) is 0 Å². The Morgan fingerprint density at radius 1 is 1.50 bits per heavy atom. The average molecular weight is 187 g/mol. The van der Waals surface area contributed by atoms with Crippen LogP contribution in [0.15, 0.2) is 18.2 Å². The Balaban J connectivity index is 2.93. The van der Waals surface area contributed by atoms with Crippen LogP contribution in [0.2, 0.25) is 5.02 Å². The first-order chi connectivity index (χ1) is 5.58. The molecule has 4 heteroatoms. The van der Waals surface area contributed by atoms with E-state index in [9.17, 15) is 4.79 Å². The van der Waals surface area contributed by atoms with Crippen molar-refractivity contribution < 1.29 is 14.6 Å². The van der Waals surface area contributed by atoms with E-state index in [2.05, 4.69) is 0 Å². The summed E-state index contributed by atoms with van der Waals surface area (Å²) in [7, 11) is 0. The van der Waals surface area contributed by atoms with Crippen molar-refractivity contribution in [2.45, 2.75) is 6.92 Å². The van der Waals surface area contributed by atoms with E-state index >= 15 is 0 Å². The summed E-state index contributed by atoms with van der Waals surface area (Å²) in [4.78, 5) is 10.5. The van der Waals surface area contributed by atoms with Gasteiger partial charge in [0.15, 0.2) is 0 Å². The van der Waals surface area contributed by atoms with Crippen molar-refractivity contribution in [1.29, 1.82) is 0 Å². The number of rotatable bonds is 1. The van der Waals surface area contributed by atoms with Gasteiger partial charge in [-0.15, -0.1) is 0 Å². The SMILES string of the molecule is CC(=O)Oc1cc(O)cc(Cl)c1. The molecule has 12 heavy (non-hydrogen) atoms. The number of benzene rings is 1. The molecular weight excluding hydrogens is 180 g/mol. The molecule has 1 N–H and O–H groups in total. The van der Waals surface area contributed by atoms with Crippen LogP contribution in [0.5, 0.6) is 11.5 Å². The fraction of sp³-hybridized carbons (Fsp3) is 0.125. The molecule has 0 aliphatic heterocycles. The van der Waals surface area contributed by atoms with Gasteiger partial charge >= 0.3 is 5.97 Å². The summed E-state index contributed by atoms with van der Waals surface area (Å²) < 4.78 is 4.69. The molecule has 1 aromatic carbocycles. The summed E-state index contributed by atoms with van der Waals surface area (Å²) in [6.07, 6.45) is 0. The Labute approximate surface area is 74.5 Å². The van der Waals surface area contributed by atoms with E-state index in [-0.39, 0.29) is 11.5 Å². The topological polar surface area (TPSA) is 46.5 Å². The number of phenols is 1. The molecule has 64 valence electrons. The van der Waals surface area contributed by atoms with E-state index in [0.29, 0.717) is 5.02 Å². The first kappa shape index (κ1) is 8.87. The second-order valence-corrected chi connectivity index (χ2v) is 2.68. The maximum Gasteiger partial charge on any atom is 0.308 e. The Morgan fingerprint density at radius 3 is 2.67 bits per heavy atom. The van der Waals surface area contributed by atoms with Crippen LogP contribution in [0.3, 0.4) is 0 Å². The Kier molecular flexibility index (Phi) is 2.55. The number of carbonyl (C=O) groups excluding carboxylic acids is 1. The van der Waals surface area contributed by atoms with Crippen LogP contribution in [-0.2, 0) is 4.79 Å². The van der Waals surface area contributed by atoms with Gasteiger partial charge in [0.1, 0.15) is 11.5 Å². The van der Waals surface area contributed by atoms with Crippen LogP contribution < -0.4 is 4.74 Å². The predicted molar refractivity (Wildman–Crippen MR) is 44.4 cm³/mol. The molecule has 0 bridgehead atoms.